The number of benzene rings is 1. The second-order valence-corrected chi connectivity index (χ2v) is 9.17. The van der Waals surface area contributed by atoms with Gasteiger partial charge < -0.3 is 14.6 Å². The first-order valence-electron chi connectivity index (χ1n) is 12.0. The summed E-state index contributed by atoms with van der Waals surface area (Å²) >= 11 is 0. The lowest BCUT2D eigenvalue weighted by molar-refractivity contribution is 0.0993. The standard InChI is InChI=1S/C26H29N7O3/c1-4-32-15-20(23(34)19-10-9-17(2)27-24(19)32)25(35)29-28-22-18-7-5-6-8-21(18)33(26(22)36)16-31-13-11-30(3)12-14-31/h5-10,15,36H,4,11-14,16H2,1-3H3. The van der Waals surface area contributed by atoms with Gasteiger partial charge in [-0.05, 0) is 39.1 Å². The highest BCUT2D eigenvalue weighted by Crippen LogP contribution is 2.39. The Morgan fingerprint density at radius 3 is 2.58 bits per heavy atom. The largest absolute Gasteiger partial charge is 0.493 e. The number of azo groups is 1. The maximum atomic E-state index is 13.1. The number of pyridine rings is 2. The van der Waals surface area contributed by atoms with Crippen LogP contribution in [-0.2, 0) is 13.2 Å². The molecular formula is C26H29N7O3. The average Bonchev–Trinajstić information content (AvgIpc) is 3.14. The van der Waals surface area contributed by atoms with Gasteiger partial charge >= 0.3 is 5.91 Å². The third-order valence-electron chi connectivity index (χ3n) is 6.73. The maximum absolute atomic E-state index is 13.1. The third kappa shape index (κ3) is 4.29. The van der Waals surface area contributed by atoms with Crippen molar-refractivity contribution in [2.45, 2.75) is 27.1 Å². The molecule has 0 saturated carbocycles. The number of amides is 1. The molecular weight excluding hydrogens is 458 g/mol. The first kappa shape index (κ1) is 23.8. The zero-order valence-corrected chi connectivity index (χ0v) is 20.7. The summed E-state index contributed by atoms with van der Waals surface area (Å²) in [5.41, 5.74) is 1.80. The van der Waals surface area contributed by atoms with E-state index in [9.17, 15) is 14.7 Å². The van der Waals surface area contributed by atoms with Crippen molar-refractivity contribution < 1.29 is 9.90 Å². The Bertz CT molecular complexity index is 1540. The summed E-state index contributed by atoms with van der Waals surface area (Å²) in [5, 5.41) is 20.1. The van der Waals surface area contributed by atoms with Crippen LogP contribution in [0, 0.1) is 6.92 Å². The van der Waals surface area contributed by atoms with Crippen LogP contribution in [0.1, 0.15) is 23.0 Å². The first-order valence-corrected chi connectivity index (χ1v) is 12.0. The van der Waals surface area contributed by atoms with Crippen LogP contribution in [0.4, 0.5) is 5.69 Å². The minimum absolute atomic E-state index is 0.0594. The highest BCUT2D eigenvalue weighted by Gasteiger charge is 2.21. The van der Waals surface area contributed by atoms with Crippen molar-refractivity contribution in [3.05, 3.63) is 64.1 Å². The fourth-order valence-electron chi connectivity index (χ4n) is 4.61. The van der Waals surface area contributed by atoms with Gasteiger partial charge in [0.1, 0.15) is 11.2 Å². The highest BCUT2D eigenvalue weighted by molar-refractivity contribution is 5.98. The molecule has 0 radical (unpaired) electrons. The van der Waals surface area contributed by atoms with Crippen molar-refractivity contribution in [2.75, 3.05) is 33.2 Å². The smallest absolute Gasteiger partial charge is 0.300 e. The van der Waals surface area contributed by atoms with E-state index in [0.717, 1.165) is 37.4 Å². The number of nitrogens with zero attached hydrogens (tertiary/aromatic N) is 7. The van der Waals surface area contributed by atoms with E-state index in [4.69, 9.17) is 0 Å². The Morgan fingerprint density at radius 1 is 1.08 bits per heavy atom. The summed E-state index contributed by atoms with van der Waals surface area (Å²) in [6.45, 7) is 8.48. The zero-order chi connectivity index (χ0) is 25.4. The molecule has 0 bridgehead atoms. The Kier molecular flexibility index (Phi) is 6.38. The van der Waals surface area contributed by atoms with E-state index in [0.29, 0.717) is 29.6 Å². The lowest BCUT2D eigenvalue weighted by atomic mass is 10.1. The van der Waals surface area contributed by atoms with Gasteiger partial charge in [0, 0.05) is 50.0 Å². The number of rotatable bonds is 5. The molecule has 186 valence electrons. The van der Waals surface area contributed by atoms with Crippen LogP contribution in [-0.4, -0.2) is 68.2 Å². The molecule has 0 spiro atoms. The number of aromatic nitrogens is 3. The monoisotopic (exact) mass is 487 g/mol. The summed E-state index contributed by atoms with van der Waals surface area (Å²) in [6.07, 6.45) is 1.48. The Balaban J connectivity index is 1.51. The molecule has 1 saturated heterocycles. The van der Waals surface area contributed by atoms with E-state index >= 15 is 0 Å². The molecule has 36 heavy (non-hydrogen) atoms. The second kappa shape index (κ2) is 9.63. The number of para-hydroxylation sites is 1. The first-order chi connectivity index (χ1) is 17.4. The molecule has 10 nitrogen and oxygen atoms in total. The summed E-state index contributed by atoms with van der Waals surface area (Å²) in [6, 6.07) is 10.9. The van der Waals surface area contributed by atoms with E-state index in [-0.39, 0.29) is 17.1 Å². The second-order valence-electron chi connectivity index (χ2n) is 9.17. The number of carbonyl (C=O) groups excluding carboxylic acids is 1. The van der Waals surface area contributed by atoms with Crippen molar-refractivity contribution in [3.63, 3.8) is 0 Å². The van der Waals surface area contributed by atoms with Crippen LogP contribution in [0.2, 0.25) is 0 Å². The molecule has 4 heterocycles. The van der Waals surface area contributed by atoms with E-state index < -0.39 is 11.3 Å². The number of hydrogen-bond acceptors (Lipinski definition) is 7. The van der Waals surface area contributed by atoms with Gasteiger partial charge in [-0.2, -0.15) is 0 Å². The average molecular weight is 488 g/mol. The van der Waals surface area contributed by atoms with Gasteiger partial charge in [-0.1, -0.05) is 18.2 Å². The fourth-order valence-corrected chi connectivity index (χ4v) is 4.61. The SMILES string of the molecule is CCn1cc(C(=O)N=Nc2c(O)n(CN3CCN(C)CC3)c3ccccc23)c(=O)c2ccc(C)nc21. The van der Waals surface area contributed by atoms with Crippen molar-refractivity contribution in [1.82, 2.24) is 23.9 Å². The third-order valence-corrected chi connectivity index (χ3v) is 6.73. The zero-order valence-electron chi connectivity index (χ0n) is 20.7. The number of carbonyl (C=O) groups is 1. The predicted octanol–water partition coefficient (Wildman–Crippen LogP) is 3.51. The summed E-state index contributed by atoms with van der Waals surface area (Å²) in [7, 11) is 2.09. The summed E-state index contributed by atoms with van der Waals surface area (Å²) in [5.74, 6) is -0.823. The number of likely N-dealkylation sites (N-methyl/N-ethyl adjacent to an activating group) is 1. The van der Waals surface area contributed by atoms with Crippen molar-refractivity contribution in [3.8, 4) is 5.88 Å². The normalized spacial score (nSPS) is 15.4. The fraction of sp³-hybridized carbons (Fsp3) is 0.346. The Hall–Kier alpha value is -3.89. The van der Waals surface area contributed by atoms with Gasteiger partial charge in [0.15, 0.2) is 5.69 Å². The molecule has 0 aliphatic carbocycles. The van der Waals surface area contributed by atoms with E-state index in [1.807, 2.05) is 38.1 Å². The predicted molar refractivity (Wildman–Crippen MR) is 138 cm³/mol. The van der Waals surface area contributed by atoms with Gasteiger partial charge in [-0.15, -0.1) is 10.2 Å². The lowest BCUT2D eigenvalue weighted by Crippen LogP contribution is -2.44. The van der Waals surface area contributed by atoms with Crippen LogP contribution >= 0.6 is 0 Å². The highest BCUT2D eigenvalue weighted by atomic mass is 16.3. The van der Waals surface area contributed by atoms with Crippen LogP contribution < -0.4 is 5.43 Å². The molecule has 1 N–H and O–H groups in total. The van der Waals surface area contributed by atoms with Crippen LogP contribution in [0.5, 0.6) is 5.88 Å². The van der Waals surface area contributed by atoms with E-state index in [2.05, 4.69) is 32.1 Å². The van der Waals surface area contributed by atoms with E-state index in [1.165, 1.54) is 6.20 Å². The topological polar surface area (TPSA) is 108 Å². The molecule has 0 atom stereocenters. The number of piperazine rings is 1. The van der Waals surface area contributed by atoms with Crippen molar-refractivity contribution >= 4 is 33.5 Å². The molecule has 10 heteroatoms. The van der Waals surface area contributed by atoms with Crippen LogP contribution in [0.25, 0.3) is 21.9 Å². The summed E-state index contributed by atoms with van der Waals surface area (Å²) < 4.78 is 3.54. The lowest BCUT2D eigenvalue weighted by Gasteiger charge is -2.32. The Morgan fingerprint density at radius 2 is 1.83 bits per heavy atom. The number of aromatic hydroxyl groups is 1. The summed E-state index contributed by atoms with van der Waals surface area (Å²) in [4.78, 5) is 35.1. The molecule has 0 unspecified atom stereocenters. The molecule has 1 aromatic carbocycles. The number of hydrogen-bond donors (Lipinski definition) is 1. The quantitative estimate of drug-likeness (QED) is 0.432. The van der Waals surface area contributed by atoms with Crippen molar-refractivity contribution in [2.24, 2.45) is 10.2 Å². The van der Waals surface area contributed by atoms with Crippen molar-refractivity contribution in [1.29, 1.82) is 0 Å². The molecule has 3 aromatic heterocycles. The minimum Gasteiger partial charge on any atom is -0.493 e. The van der Waals surface area contributed by atoms with Crippen LogP contribution in [0.15, 0.2) is 57.6 Å². The van der Waals surface area contributed by atoms with Gasteiger partial charge in [-0.3, -0.25) is 19.1 Å². The molecule has 5 rings (SSSR count). The molecule has 1 aliphatic rings. The number of fused-ring (bicyclic) bond motifs is 2. The van der Waals surface area contributed by atoms with Gasteiger partial charge in [-0.25, -0.2) is 4.98 Å². The van der Waals surface area contributed by atoms with E-state index in [1.54, 1.807) is 21.3 Å². The Labute approximate surface area is 208 Å². The van der Waals surface area contributed by atoms with Gasteiger partial charge in [0.05, 0.1) is 17.6 Å². The molecule has 1 fully saturated rings. The maximum Gasteiger partial charge on any atom is 0.300 e. The van der Waals surface area contributed by atoms with Gasteiger partial charge in [0.2, 0.25) is 11.3 Å². The molecule has 4 aromatic rings. The van der Waals surface area contributed by atoms with Gasteiger partial charge in [0.25, 0.3) is 0 Å². The number of aryl methyl sites for hydroxylation is 2. The molecule has 1 aliphatic heterocycles. The molecule has 1 amide bonds. The minimum atomic E-state index is -0.764. The van der Waals surface area contributed by atoms with Crippen LogP contribution in [0.3, 0.4) is 0 Å².